The van der Waals surface area contributed by atoms with Crippen molar-refractivity contribution in [2.45, 2.75) is 6.04 Å². The van der Waals surface area contributed by atoms with Gasteiger partial charge in [0.1, 0.15) is 11.4 Å². The Balaban J connectivity index is 1.69. The Bertz CT molecular complexity index is 1620. The van der Waals surface area contributed by atoms with Gasteiger partial charge in [-0.05, 0) is 23.8 Å². The molecule has 0 aliphatic carbocycles. The predicted octanol–water partition coefficient (Wildman–Crippen LogP) is 1.53. The second-order valence-electron chi connectivity index (χ2n) is 7.81. The summed E-state index contributed by atoms with van der Waals surface area (Å²) in [6.45, 7) is 0. The number of rotatable bonds is 8. The van der Waals surface area contributed by atoms with Crippen molar-refractivity contribution >= 4 is 34.5 Å². The fourth-order valence-electron chi connectivity index (χ4n) is 3.61. The Morgan fingerprint density at radius 1 is 1.11 bits per heavy atom. The second kappa shape index (κ2) is 11.0. The van der Waals surface area contributed by atoms with Gasteiger partial charge in [0.25, 0.3) is 23.1 Å². The van der Waals surface area contributed by atoms with Gasteiger partial charge >= 0.3 is 0 Å². The third kappa shape index (κ3) is 5.31. The first-order chi connectivity index (χ1) is 18.3. The van der Waals surface area contributed by atoms with E-state index in [1.165, 1.54) is 13.2 Å². The molecule has 38 heavy (non-hydrogen) atoms. The molecule has 0 aliphatic rings. The van der Waals surface area contributed by atoms with Crippen LogP contribution in [0.25, 0.3) is 10.8 Å². The van der Waals surface area contributed by atoms with Crippen LogP contribution >= 0.6 is 0 Å². The normalized spacial score (nSPS) is 11.7. The average Bonchev–Trinajstić information content (AvgIpc) is 2.93. The van der Waals surface area contributed by atoms with E-state index < -0.39 is 39.8 Å². The lowest BCUT2D eigenvalue weighted by molar-refractivity contribution is -0.385. The second-order valence-corrected chi connectivity index (χ2v) is 7.81. The number of non-ortho nitro benzene ring substituents is 1. The lowest BCUT2D eigenvalue weighted by Crippen LogP contribution is -2.40. The Labute approximate surface area is 213 Å². The van der Waals surface area contributed by atoms with Gasteiger partial charge in [-0.2, -0.15) is 10.2 Å². The van der Waals surface area contributed by atoms with Crippen molar-refractivity contribution in [2.75, 3.05) is 7.11 Å². The number of ether oxygens (including phenoxy) is 1. The van der Waals surface area contributed by atoms with E-state index in [1.807, 2.05) is 0 Å². The zero-order valence-electron chi connectivity index (χ0n) is 19.7. The Morgan fingerprint density at radius 3 is 2.47 bits per heavy atom. The molecule has 0 unspecified atom stereocenters. The summed E-state index contributed by atoms with van der Waals surface area (Å²) in [5.41, 5.74) is 1.41. The number of amides is 2. The summed E-state index contributed by atoms with van der Waals surface area (Å²) in [6.07, 6.45) is 0.921. The number of aromatic nitrogens is 2. The summed E-state index contributed by atoms with van der Waals surface area (Å²) in [5, 5.41) is 36.8. The van der Waals surface area contributed by atoms with E-state index in [1.54, 1.807) is 48.5 Å². The fraction of sp³-hybridized carbons (Fsp3) is 0.0800. The zero-order valence-corrected chi connectivity index (χ0v) is 19.7. The van der Waals surface area contributed by atoms with Crippen molar-refractivity contribution in [3.63, 3.8) is 0 Å². The van der Waals surface area contributed by atoms with Gasteiger partial charge in [0.15, 0.2) is 6.04 Å². The Morgan fingerprint density at radius 2 is 1.79 bits per heavy atom. The van der Waals surface area contributed by atoms with E-state index in [0.717, 1.165) is 18.3 Å². The first kappa shape index (κ1) is 25.5. The molecule has 192 valence electrons. The highest BCUT2D eigenvalue weighted by atomic mass is 16.6. The van der Waals surface area contributed by atoms with Crippen LogP contribution in [0.3, 0.4) is 0 Å². The molecule has 1 atom stereocenters. The summed E-state index contributed by atoms with van der Waals surface area (Å²) < 4.78 is 4.89. The number of fused-ring (bicyclic) bond motifs is 1. The van der Waals surface area contributed by atoms with Crippen molar-refractivity contribution in [3.8, 4) is 11.5 Å². The van der Waals surface area contributed by atoms with Crippen LogP contribution < -0.4 is 26.1 Å². The molecule has 1 heterocycles. The SMILES string of the molecule is COc1cc([N+](=O)[O-])cc(/C=N\NC(=O)[C@@H](NC(=O)c2ccccc2)c2n[nH]c(=O)c3ccccc23)c1[O-]. The van der Waals surface area contributed by atoms with E-state index in [2.05, 4.69) is 26.0 Å². The highest BCUT2D eigenvalue weighted by molar-refractivity contribution is 5.99. The first-order valence-electron chi connectivity index (χ1n) is 11.0. The molecule has 13 heteroatoms. The number of carbonyl (C=O) groups is 2. The number of hydrogen-bond acceptors (Lipinski definition) is 9. The molecule has 3 aromatic carbocycles. The fourth-order valence-corrected chi connectivity index (χ4v) is 3.61. The molecule has 2 amide bonds. The third-order valence-corrected chi connectivity index (χ3v) is 5.45. The molecule has 0 spiro atoms. The lowest BCUT2D eigenvalue weighted by atomic mass is 10.0. The Hall–Kier alpha value is -5.59. The van der Waals surface area contributed by atoms with Crippen LogP contribution in [0, 0.1) is 10.1 Å². The first-order valence-corrected chi connectivity index (χ1v) is 11.0. The van der Waals surface area contributed by atoms with Crippen molar-refractivity contribution in [1.82, 2.24) is 20.9 Å². The van der Waals surface area contributed by atoms with Crippen LogP contribution in [0.5, 0.6) is 11.5 Å². The van der Waals surface area contributed by atoms with Gasteiger partial charge in [-0.25, -0.2) is 10.5 Å². The van der Waals surface area contributed by atoms with Crippen molar-refractivity contribution in [2.24, 2.45) is 5.10 Å². The number of hydrazone groups is 1. The number of benzene rings is 3. The molecule has 1 aromatic heterocycles. The van der Waals surface area contributed by atoms with E-state index in [4.69, 9.17) is 4.74 Å². The Kier molecular flexibility index (Phi) is 7.38. The summed E-state index contributed by atoms with van der Waals surface area (Å²) in [7, 11) is 1.19. The summed E-state index contributed by atoms with van der Waals surface area (Å²) in [5.74, 6) is -2.42. The maximum atomic E-state index is 13.2. The highest BCUT2D eigenvalue weighted by Crippen LogP contribution is 2.31. The average molecular weight is 515 g/mol. The smallest absolute Gasteiger partial charge is 0.273 e. The van der Waals surface area contributed by atoms with Crippen LogP contribution in [0.15, 0.2) is 76.6 Å². The van der Waals surface area contributed by atoms with Crippen LogP contribution in [-0.4, -0.2) is 40.3 Å². The number of aromatic amines is 1. The molecule has 3 N–H and O–H groups in total. The number of methoxy groups -OCH3 is 1. The quantitative estimate of drug-likeness (QED) is 0.179. The predicted molar refractivity (Wildman–Crippen MR) is 134 cm³/mol. The standard InChI is InChI=1S/C25H20N6O7/c1-38-19-12-16(31(36)37)11-15(22(19)32)13-26-29-25(35)21(27-23(33)14-7-3-2-4-8-14)20-17-9-5-6-10-18(17)24(34)30-28-20/h2-13,21,32H,1H3,(H,27,33)(H,29,35)(H,30,34)/p-1/b26-13-/t21-/m0/s1. The molecular weight excluding hydrogens is 496 g/mol. The van der Waals surface area contributed by atoms with Crippen molar-refractivity contribution in [3.05, 3.63) is 104 Å². The van der Waals surface area contributed by atoms with Crippen molar-refractivity contribution < 1.29 is 24.4 Å². The van der Waals surface area contributed by atoms with Crippen LogP contribution in [0.4, 0.5) is 5.69 Å². The number of nitro groups is 1. The van der Waals surface area contributed by atoms with Gasteiger partial charge in [-0.1, -0.05) is 42.1 Å². The number of nitrogens with zero attached hydrogens (tertiary/aromatic N) is 3. The number of nitrogens with one attached hydrogen (secondary N) is 3. The summed E-state index contributed by atoms with van der Waals surface area (Å²) in [4.78, 5) is 48.8. The van der Waals surface area contributed by atoms with Crippen molar-refractivity contribution in [1.29, 1.82) is 0 Å². The van der Waals surface area contributed by atoms with Crippen LogP contribution in [0.2, 0.25) is 0 Å². The molecule has 4 rings (SSSR count). The highest BCUT2D eigenvalue weighted by Gasteiger charge is 2.27. The lowest BCUT2D eigenvalue weighted by Gasteiger charge is -2.18. The molecule has 0 fully saturated rings. The van der Waals surface area contributed by atoms with Gasteiger partial charge < -0.3 is 15.2 Å². The molecule has 0 saturated carbocycles. The van der Waals surface area contributed by atoms with Gasteiger partial charge in [-0.3, -0.25) is 24.5 Å². The number of nitro benzene ring substituents is 1. The maximum Gasteiger partial charge on any atom is 0.273 e. The summed E-state index contributed by atoms with van der Waals surface area (Å²) in [6, 6.07) is 15.0. The molecule has 0 radical (unpaired) electrons. The molecule has 4 aromatic rings. The van der Waals surface area contributed by atoms with Gasteiger partial charge in [-0.15, -0.1) is 0 Å². The number of H-pyrrole nitrogens is 1. The maximum absolute atomic E-state index is 13.2. The minimum atomic E-state index is -1.42. The number of carbonyl (C=O) groups excluding carboxylic acids is 2. The minimum Gasteiger partial charge on any atom is -0.870 e. The molecule has 0 bridgehead atoms. The van der Waals surface area contributed by atoms with Crippen LogP contribution in [0.1, 0.15) is 27.7 Å². The monoisotopic (exact) mass is 515 g/mol. The molecule has 0 saturated heterocycles. The summed E-state index contributed by atoms with van der Waals surface area (Å²) >= 11 is 0. The van der Waals surface area contributed by atoms with E-state index >= 15 is 0 Å². The number of hydrogen-bond donors (Lipinski definition) is 3. The molecule has 13 nitrogen and oxygen atoms in total. The zero-order chi connectivity index (χ0) is 27.2. The topological polar surface area (TPSA) is 192 Å². The molecular formula is C25H19N6O7-. The van der Waals surface area contributed by atoms with Crippen LogP contribution in [-0.2, 0) is 4.79 Å². The van der Waals surface area contributed by atoms with Gasteiger partial charge in [0.05, 0.1) is 29.7 Å². The van der Waals surface area contributed by atoms with E-state index in [-0.39, 0.29) is 28.0 Å². The third-order valence-electron chi connectivity index (χ3n) is 5.45. The minimum absolute atomic E-state index is 0.0405. The van der Waals surface area contributed by atoms with Gasteiger partial charge in [0, 0.05) is 17.0 Å². The van der Waals surface area contributed by atoms with E-state index in [0.29, 0.717) is 5.39 Å². The largest absolute Gasteiger partial charge is 0.870 e. The van der Waals surface area contributed by atoms with E-state index in [9.17, 15) is 29.6 Å². The molecule has 0 aliphatic heterocycles. The van der Waals surface area contributed by atoms with Gasteiger partial charge in [0.2, 0.25) is 0 Å².